The summed E-state index contributed by atoms with van der Waals surface area (Å²) in [5, 5.41) is 4.49. The maximum Gasteiger partial charge on any atom is 0.340 e. The molecular weight excluding hydrogens is 433 g/mol. The van der Waals surface area contributed by atoms with Gasteiger partial charge in [-0.3, -0.25) is 0 Å². The molecule has 0 saturated carbocycles. The van der Waals surface area contributed by atoms with E-state index in [0.717, 1.165) is 36.2 Å². The maximum atomic E-state index is 12.9. The van der Waals surface area contributed by atoms with Gasteiger partial charge in [0.15, 0.2) is 5.60 Å². The van der Waals surface area contributed by atoms with Crippen LogP contribution in [0.3, 0.4) is 0 Å². The third-order valence-corrected chi connectivity index (χ3v) is 6.65. The van der Waals surface area contributed by atoms with Gasteiger partial charge in [0.2, 0.25) is 0 Å². The lowest BCUT2D eigenvalue weighted by molar-refractivity contribution is 0.0224. The molecule has 2 aliphatic heterocycles. The van der Waals surface area contributed by atoms with Gasteiger partial charge >= 0.3 is 5.97 Å². The lowest BCUT2D eigenvalue weighted by atomic mass is 9.77. The SMILES string of the molecule is CCCCNc1cc2c(cc1Cl)C1(OC(=O)c3ccccc31)c1cc(Cl)c(C)cc1O2. The highest BCUT2D eigenvalue weighted by molar-refractivity contribution is 6.33. The molecule has 2 heterocycles. The van der Waals surface area contributed by atoms with Gasteiger partial charge < -0.3 is 14.8 Å². The average molecular weight is 454 g/mol. The van der Waals surface area contributed by atoms with Crippen molar-refractivity contribution >= 4 is 34.9 Å². The first kappa shape index (κ1) is 20.2. The minimum Gasteiger partial charge on any atom is -0.456 e. The number of carbonyl (C=O) groups is 1. The van der Waals surface area contributed by atoms with Gasteiger partial charge in [0.25, 0.3) is 0 Å². The molecule has 5 rings (SSSR count). The molecular formula is C25H21Cl2NO3. The molecule has 0 saturated heterocycles. The second-order valence-electron chi connectivity index (χ2n) is 7.92. The van der Waals surface area contributed by atoms with Gasteiger partial charge in [-0.05, 0) is 43.2 Å². The van der Waals surface area contributed by atoms with Crippen molar-refractivity contribution in [3.05, 3.63) is 86.4 Å². The maximum absolute atomic E-state index is 12.9. The van der Waals surface area contributed by atoms with Crippen LogP contribution in [-0.2, 0) is 10.3 Å². The van der Waals surface area contributed by atoms with Crippen LogP contribution in [0.1, 0.15) is 52.4 Å². The molecule has 1 atom stereocenters. The Morgan fingerprint density at radius 2 is 1.68 bits per heavy atom. The van der Waals surface area contributed by atoms with Gasteiger partial charge in [0, 0.05) is 34.3 Å². The molecule has 2 aliphatic rings. The Hall–Kier alpha value is -2.69. The van der Waals surface area contributed by atoms with E-state index in [0.29, 0.717) is 38.2 Å². The molecule has 4 nitrogen and oxygen atoms in total. The van der Waals surface area contributed by atoms with Crippen molar-refractivity contribution < 1.29 is 14.3 Å². The lowest BCUT2D eigenvalue weighted by Gasteiger charge is -2.37. The van der Waals surface area contributed by atoms with E-state index in [4.69, 9.17) is 32.7 Å². The molecule has 158 valence electrons. The smallest absolute Gasteiger partial charge is 0.340 e. The number of aryl methyl sites for hydroxylation is 1. The van der Waals surface area contributed by atoms with Crippen molar-refractivity contribution in [2.45, 2.75) is 32.3 Å². The molecule has 1 spiro atoms. The number of halogens is 2. The molecule has 0 fully saturated rings. The number of rotatable bonds is 4. The summed E-state index contributed by atoms with van der Waals surface area (Å²) in [5.41, 5.74) is 3.16. The van der Waals surface area contributed by atoms with Crippen molar-refractivity contribution in [3.8, 4) is 11.5 Å². The molecule has 0 aromatic heterocycles. The van der Waals surface area contributed by atoms with Crippen LogP contribution >= 0.6 is 23.2 Å². The van der Waals surface area contributed by atoms with Crippen LogP contribution in [-0.4, -0.2) is 12.5 Å². The number of ether oxygens (including phenoxy) is 2. The summed E-state index contributed by atoms with van der Waals surface area (Å²) < 4.78 is 12.4. The summed E-state index contributed by atoms with van der Waals surface area (Å²) >= 11 is 13.2. The molecule has 3 aromatic rings. The van der Waals surface area contributed by atoms with Gasteiger partial charge in [-0.25, -0.2) is 4.79 Å². The Labute approximate surface area is 191 Å². The molecule has 0 radical (unpaired) electrons. The third-order valence-electron chi connectivity index (χ3n) is 5.93. The quantitative estimate of drug-likeness (QED) is 0.338. The van der Waals surface area contributed by atoms with Gasteiger partial charge in [0.1, 0.15) is 11.5 Å². The van der Waals surface area contributed by atoms with Crippen LogP contribution in [0.2, 0.25) is 10.0 Å². The van der Waals surface area contributed by atoms with Crippen LogP contribution in [0, 0.1) is 6.92 Å². The fraction of sp³-hybridized carbons (Fsp3) is 0.240. The first-order valence-electron chi connectivity index (χ1n) is 10.3. The van der Waals surface area contributed by atoms with E-state index < -0.39 is 5.60 Å². The zero-order valence-corrected chi connectivity index (χ0v) is 18.7. The van der Waals surface area contributed by atoms with E-state index >= 15 is 0 Å². The Kier molecular flexibility index (Phi) is 4.87. The first-order chi connectivity index (χ1) is 15.0. The molecule has 1 unspecified atom stereocenters. The summed E-state index contributed by atoms with van der Waals surface area (Å²) in [5.74, 6) is 0.829. The monoisotopic (exact) mass is 453 g/mol. The molecule has 0 aliphatic carbocycles. The van der Waals surface area contributed by atoms with Gasteiger partial charge in [0.05, 0.1) is 16.3 Å². The second kappa shape index (κ2) is 7.47. The van der Waals surface area contributed by atoms with Gasteiger partial charge in [-0.15, -0.1) is 0 Å². The van der Waals surface area contributed by atoms with E-state index in [1.807, 2.05) is 49.4 Å². The molecule has 3 aromatic carbocycles. The zero-order chi connectivity index (χ0) is 21.8. The number of hydrogen-bond donors (Lipinski definition) is 1. The molecule has 0 amide bonds. The second-order valence-corrected chi connectivity index (χ2v) is 8.74. The predicted octanol–water partition coefficient (Wildman–Crippen LogP) is 7.08. The molecule has 1 N–H and O–H groups in total. The summed E-state index contributed by atoms with van der Waals surface area (Å²) in [6.07, 6.45) is 2.11. The number of nitrogens with one attached hydrogen (secondary N) is 1. The summed E-state index contributed by atoms with van der Waals surface area (Å²) in [6.45, 7) is 4.87. The molecule has 6 heteroatoms. The van der Waals surface area contributed by atoms with Gasteiger partial charge in [-0.2, -0.15) is 0 Å². The zero-order valence-electron chi connectivity index (χ0n) is 17.2. The highest BCUT2D eigenvalue weighted by atomic mass is 35.5. The van der Waals surface area contributed by atoms with Gasteiger partial charge in [-0.1, -0.05) is 54.7 Å². The van der Waals surface area contributed by atoms with E-state index in [1.54, 1.807) is 6.07 Å². The third kappa shape index (κ3) is 3.00. The van der Waals surface area contributed by atoms with Crippen molar-refractivity contribution in [1.29, 1.82) is 0 Å². The summed E-state index contributed by atoms with van der Waals surface area (Å²) in [7, 11) is 0. The molecule has 0 bridgehead atoms. The lowest BCUT2D eigenvalue weighted by Crippen LogP contribution is -2.33. The first-order valence-corrected chi connectivity index (χ1v) is 11.1. The molecule has 31 heavy (non-hydrogen) atoms. The van der Waals surface area contributed by atoms with E-state index in [2.05, 4.69) is 12.2 Å². The normalized spacial score (nSPS) is 18.1. The van der Waals surface area contributed by atoms with Crippen LogP contribution < -0.4 is 10.1 Å². The highest BCUT2D eigenvalue weighted by Gasteiger charge is 2.53. The van der Waals surface area contributed by atoms with Crippen LogP contribution in [0.5, 0.6) is 11.5 Å². The average Bonchev–Trinajstić information content (AvgIpc) is 3.05. The van der Waals surface area contributed by atoms with Crippen molar-refractivity contribution in [1.82, 2.24) is 0 Å². The fourth-order valence-electron chi connectivity index (χ4n) is 4.34. The Bertz CT molecular complexity index is 1220. The highest BCUT2D eigenvalue weighted by Crippen LogP contribution is 2.57. The van der Waals surface area contributed by atoms with Crippen molar-refractivity contribution in [2.75, 3.05) is 11.9 Å². The van der Waals surface area contributed by atoms with Crippen molar-refractivity contribution in [3.63, 3.8) is 0 Å². The topological polar surface area (TPSA) is 47.6 Å². The standard InChI is InChI=1S/C25H21Cl2NO3/c1-3-4-9-28-21-13-23-18(12-20(21)27)25(16-8-6-5-7-15(16)24(29)31-25)17-11-19(26)14(2)10-22(17)30-23/h5-8,10-13,28H,3-4,9H2,1-2H3. The predicted molar refractivity (Wildman–Crippen MR) is 123 cm³/mol. The minimum atomic E-state index is -1.17. The minimum absolute atomic E-state index is 0.382. The number of benzene rings is 3. The summed E-state index contributed by atoms with van der Waals surface area (Å²) in [4.78, 5) is 12.9. The van der Waals surface area contributed by atoms with E-state index in [1.165, 1.54) is 0 Å². The van der Waals surface area contributed by atoms with Crippen LogP contribution in [0.15, 0.2) is 48.5 Å². The number of unbranched alkanes of at least 4 members (excludes halogenated alkanes) is 1. The van der Waals surface area contributed by atoms with E-state index in [9.17, 15) is 4.79 Å². The Morgan fingerprint density at radius 1 is 0.968 bits per heavy atom. The number of esters is 1. The van der Waals surface area contributed by atoms with Crippen LogP contribution in [0.4, 0.5) is 5.69 Å². The van der Waals surface area contributed by atoms with E-state index in [-0.39, 0.29) is 5.97 Å². The largest absolute Gasteiger partial charge is 0.456 e. The number of carbonyl (C=O) groups excluding carboxylic acids is 1. The summed E-state index contributed by atoms with van der Waals surface area (Å²) in [6, 6.07) is 14.8. The Morgan fingerprint density at radius 3 is 2.45 bits per heavy atom. The fourth-order valence-corrected chi connectivity index (χ4v) is 4.74. The van der Waals surface area contributed by atoms with Crippen LogP contribution in [0.25, 0.3) is 0 Å². The number of hydrogen-bond acceptors (Lipinski definition) is 4. The number of fused-ring (bicyclic) bond motifs is 6. The number of anilines is 1. The Balaban J connectivity index is 1.77. The van der Waals surface area contributed by atoms with Crippen molar-refractivity contribution in [2.24, 2.45) is 0 Å².